The number of sulfonamides is 3. The summed E-state index contributed by atoms with van der Waals surface area (Å²) in [4.78, 5) is 2.99. The van der Waals surface area contributed by atoms with Gasteiger partial charge in [0.2, 0.25) is 30.1 Å². The summed E-state index contributed by atoms with van der Waals surface area (Å²) in [5.41, 5.74) is 3.84. The van der Waals surface area contributed by atoms with Gasteiger partial charge < -0.3 is 106 Å². The van der Waals surface area contributed by atoms with Crippen LogP contribution in [0.15, 0.2) is 142 Å². The maximum Gasteiger partial charge on any atom is 0.406 e. The van der Waals surface area contributed by atoms with E-state index in [2.05, 4.69) is 82.2 Å². The van der Waals surface area contributed by atoms with Crippen LogP contribution in [0.4, 0.5) is 86.8 Å². The Kier molecular flexibility index (Phi) is 37.1. The summed E-state index contributed by atoms with van der Waals surface area (Å²) in [7, 11) is -7.88. The number of nitrogens with one attached hydrogen (secondary N) is 8. The molecule has 4 aliphatic heterocycles. The molecule has 0 unspecified atom stereocenters. The van der Waals surface area contributed by atoms with Crippen LogP contribution in [0.1, 0.15) is 36.3 Å². The number of rotatable bonds is 32. The second-order valence-electron chi connectivity index (χ2n) is 31.4. The molecule has 19 N–H and O–H groups in total. The molecule has 13 rings (SSSR count). The van der Waals surface area contributed by atoms with Crippen molar-refractivity contribution in [1.29, 1.82) is 0 Å². The molecule has 0 amide bonds. The number of aliphatic hydroxyl groups excluding tert-OH is 7. The van der Waals surface area contributed by atoms with Gasteiger partial charge in [-0.3, -0.25) is 9.80 Å². The van der Waals surface area contributed by atoms with Gasteiger partial charge in [-0.05, 0) is 135 Å². The number of halogens is 12. The maximum atomic E-state index is 15.1. The maximum absolute atomic E-state index is 15.1. The fraction of sp³-hybridized carbons (Fsp3) is 0.448. The molecule has 732 valence electrons. The van der Waals surface area contributed by atoms with Crippen LogP contribution in [-0.4, -0.2) is 297 Å². The van der Waals surface area contributed by atoms with Crippen LogP contribution in [0, 0.1) is 35.5 Å². The summed E-state index contributed by atoms with van der Waals surface area (Å²) in [6.45, 7) is -2.63. The minimum atomic E-state index is -4.56. The molecule has 134 heavy (non-hydrogen) atoms. The van der Waals surface area contributed by atoms with E-state index in [4.69, 9.17) is 44.9 Å². The quantitative estimate of drug-likeness (QED) is 0.0117. The van der Waals surface area contributed by atoms with Gasteiger partial charge in [0.1, 0.15) is 61.5 Å². The van der Waals surface area contributed by atoms with Gasteiger partial charge in [-0.25, -0.2) is 53.4 Å². The smallest absolute Gasteiger partial charge is 0.406 e. The number of anilines is 6. The van der Waals surface area contributed by atoms with Gasteiger partial charge >= 0.3 is 18.5 Å². The van der Waals surface area contributed by atoms with E-state index >= 15 is 8.78 Å². The highest BCUT2D eigenvalue weighted by atomic mass is 32.2. The number of piperidine rings is 3. The number of primary sulfonamides is 2. The second kappa shape index (κ2) is 47.2. The average Bonchev–Trinajstić information content (AvgIpc) is 1.63. The first-order chi connectivity index (χ1) is 63.4. The monoisotopic (exact) mass is 1960 g/mol. The third-order valence-electron chi connectivity index (χ3n) is 21.5. The summed E-state index contributed by atoms with van der Waals surface area (Å²) in [6, 6.07) is 29.3. The second-order valence-corrected chi connectivity index (χ2v) is 36.3. The van der Waals surface area contributed by atoms with E-state index in [1.54, 1.807) is 64.4 Å². The fourth-order valence-electron chi connectivity index (χ4n) is 14.8. The number of fused-ring (bicyclic) bond motifs is 3. The van der Waals surface area contributed by atoms with Gasteiger partial charge in [-0.2, -0.15) is 39.5 Å². The summed E-state index contributed by atoms with van der Waals surface area (Å²) in [5, 5.41) is 96.9. The third-order valence-corrected chi connectivity index (χ3v) is 24.7. The molecule has 4 aliphatic rings. The van der Waals surface area contributed by atoms with Crippen molar-refractivity contribution in [2.24, 2.45) is 10.3 Å². The Balaban J connectivity index is 0.000000203. The number of nitrogens with two attached hydrogens (primary N) is 2. The topological polar surface area (TPSA) is 454 Å². The van der Waals surface area contributed by atoms with E-state index in [9.17, 15) is 84.5 Å². The van der Waals surface area contributed by atoms with E-state index in [0.717, 1.165) is 20.3 Å². The number of β-amino-alcohol motifs (C(OH)–C–C–N with tert-alkyl or cyclic N) is 2. The molecule has 47 heteroatoms. The van der Waals surface area contributed by atoms with Gasteiger partial charge in [0.15, 0.2) is 0 Å². The lowest BCUT2D eigenvalue weighted by atomic mass is 10.0. The zero-order valence-corrected chi connectivity index (χ0v) is 75.0. The van der Waals surface area contributed by atoms with Gasteiger partial charge in [0.25, 0.3) is 0 Å². The molecule has 7 heterocycles. The van der Waals surface area contributed by atoms with Crippen LogP contribution in [0.5, 0.6) is 17.2 Å². The number of alkyl halides is 12. The normalized spacial score (nSPS) is 19.0. The van der Waals surface area contributed by atoms with Crippen molar-refractivity contribution in [1.82, 2.24) is 33.5 Å². The van der Waals surface area contributed by atoms with Gasteiger partial charge in [0, 0.05) is 104 Å². The summed E-state index contributed by atoms with van der Waals surface area (Å²) in [5.74, 6) is 17.3. The largest absolute Gasteiger partial charge is 0.495 e. The fourth-order valence-corrected chi connectivity index (χ4v) is 16.9. The van der Waals surface area contributed by atoms with Crippen LogP contribution < -0.4 is 66.4 Å². The summed E-state index contributed by atoms with van der Waals surface area (Å²) >= 11 is 0. The van der Waals surface area contributed by atoms with Crippen LogP contribution in [0.2, 0.25) is 0 Å². The molecular weight excluding hydrogens is 1850 g/mol. The van der Waals surface area contributed by atoms with Crippen molar-refractivity contribution in [2.75, 3.05) is 165 Å². The molecule has 0 saturated carbocycles. The number of hydrogen-bond donors (Lipinski definition) is 17. The van der Waals surface area contributed by atoms with Crippen molar-refractivity contribution in [2.45, 2.75) is 133 Å². The Morgan fingerprint density at radius 3 is 1.12 bits per heavy atom. The van der Waals surface area contributed by atoms with Crippen LogP contribution in [-0.2, 0) is 54.4 Å². The minimum Gasteiger partial charge on any atom is -0.495 e. The number of likely N-dealkylation sites (tertiary alicyclic amines) is 2. The summed E-state index contributed by atoms with van der Waals surface area (Å²) < 4.78 is 264. The van der Waals surface area contributed by atoms with E-state index < -0.39 is 150 Å². The molecule has 32 nitrogen and oxygen atoms in total. The molecule has 4 fully saturated rings. The lowest BCUT2D eigenvalue weighted by Gasteiger charge is -2.36. The SMILES string of the molecule is COc1cc(S(=O)(=O)NC[C@@H](O)CO)ccc1NCC#Cc1cc2c(N[C@H]3CCN(C[C@@H](O)CO)C[C@H]3F)cccc2n1CC(F)(F)F.COc1cc(S(N)(=O)=O)ccc1NCC#Cc1cc2c(N[C@H]3CCN(C[C@@H](O)CO)C[C@H]3F)cccc2n1CC(F)(F)F.COc1cc(S(N)(=O)=O)ccc1NCC#Cc1cc2c(N[C@H]3CCNC[C@H]3F)cccc2n1CC(F)(F)F.OC[C@H]1CO1. The van der Waals surface area contributed by atoms with Crippen LogP contribution >= 0.6 is 0 Å². The van der Waals surface area contributed by atoms with E-state index in [-0.39, 0.29) is 125 Å². The molecule has 10 atom stereocenters. The summed E-state index contributed by atoms with van der Waals surface area (Å²) in [6.07, 6.45) is -19.1. The lowest BCUT2D eigenvalue weighted by molar-refractivity contribution is -0.140. The van der Waals surface area contributed by atoms with Crippen molar-refractivity contribution >= 4 is 96.9 Å². The molecular formula is C87H105F12N15O17S3. The van der Waals surface area contributed by atoms with Crippen LogP contribution in [0.25, 0.3) is 32.7 Å². The number of benzene rings is 6. The highest BCUT2D eigenvalue weighted by molar-refractivity contribution is 7.89. The Labute approximate surface area is 764 Å². The Morgan fingerprint density at radius 1 is 0.478 bits per heavy atom. The lowest BCUT2D eigenvalue weighted by Crippen LogP contribution is -2.50. The Hall–Kier alpha value is -10.7. The first-order valence-corrected chi connectivity index (χ1v) is 46.3. The van der Waals surface area contributed by atoms with E-state index in [1.165, 1.54) is 94.1 Å². The van der Waals surface area contributed by atoms with E-state index in [1.807, 2.05) is 0 Å². The van der Waals surface area contributed by atoms with Crippen molar-refractivity contribution in [3.05, 3.63) is 144 Å². The number of ether oxygens (including phenoxy) is 4. The third kappa shape index (κ3) is 30.4. The zero-order valence-electron chi connectivity index (χ0n) is 72.5. The van der Waals surface area contributed by atoms with Gasteiger partial charge in [-0.15, -0.1) is 0 Å². The number of aromatic nitrogens is 3. The molecule has 0 aliphatic carbocycles. The zero-order chi connectivity index (χ0) is 97.6. The molecule has 9 aromatic rings. The van der Waals surface area contributed by atoms with Crippen molar-refractivity contribution < 1.29 is 133 Å². The molecule has 6 aromatic carbocycles. The number of hydrogen-bond acceptors (Lipinski definition) is 26. The molecule has 3 aromatic heterocycles. The molecule has 0 spiro atoms. The van der Waals surface area contributed by atoms with Gasteiger partial charge in [-0.1, -0.05) is 36.0 Å². The first-order valence-electron chi connectivity index (χ1n) is 41.7. The highest BCUT2D eigenvalue weighted by Crippen LogP contribution is 2.38. The van der Waals surface area contributed by atoms with Crippen molar-refractivity contribution in [3.63, 3.8) is 0 Å². The minimum absolute atomic E-state index is 0.00316. The van der Waals surface area contributed by atoms with Crippen molar-refractivity contribution in [3.8, 4) is 52.8 Å². The van der Waals surface area contributed by atoms with E-state index in [0.29, 0.717) is 94.7 Å². The average molecular weight is 1960 g/mol. The Morgan fingerprint density at radius 2 is 0.821 bits per heavy atom. The standard InChI is InChI=1S/C31H39F4N5O7S.C28H33F4N5O5S.C25H27F4N5O3S.C3H6O2/c1-47-30-13-23(48(45,46)37-14-21(43)17-41)7-8-28(30)36-10-3-4-20-12-24-26(5-2-6-29(24)40(20)19-31(33,34)35)38-27-9-11-39(16-25(27)32)15-22(44)18-42;1-42-27-13-20(43(33,40)41)7-8-25(27)34-10-3-4-18-12-21-23(5-2-6-26(21)37(18)17-28(30,31)32)35-24-9-11-36(15-22(24)29)14-19(39)16-38;1-37-24-13-17(38(30,35)36)7-8-22(24)32-10-3-4-16-12-18-20(33-21-9-11-31-14-19(21)26)5-2-6-23(18)34(16)15-25(27,28)29;4-1-3-2-5-3/h2,5-8,12-13,21-22,25,27,36-38,41-44H,9-11,14-19H2,1H3;2,5-8,12-13,19,22,24,34-35,38-39H,9-11,14-17H2,1H3,(H2,33,40,41);2,5-8,12-13,19,21,31-33H,9-11,14-15H2,1H3,(H2,30,35,36);3-4H,1-2H2/t21-,22-,25-,27+;19-,22-,24+;19-,21+;3-/m1110/s1. The van der Waals surface area contributed by atoms with Crippen LogP contribution in [0.3, 0.4) is 0 Å². The molecule has 0 radical (unpaired) electrons. The number of aliphatic hydroxyl groups is 7. The first kappa shape index (κ1) is 105. The highest BCUT2D eigenvalue weighted by Gasteiger charge is 2.37. The Bertz CT molecular complexity index is 6040. The predicted octanol–water partition coefficient (Wildman–Crippen LogP) is 6.80. The molecule has 4 saturated heterocycles. The molecule has 0 bridgehead atoms. The number of methoxy groups -OCH3 is 3. The number of nitrogens with zero attached hydrogens (tertiary/aromatic N) is 5. The number of epoxide rings is 1. The van der Waals surface area contributed by atoms with Gasteiger partial charge in [0.05, 0.1) is 176 Å². The predicted molar refractivity (Wildman–Crippen MR) is 480 cm³/mol.